The van der Waals surface area contributed by atoms with E-state index in [1.807, 2.05) is 6.92 Å². The molecule has 2 aromatic rings. The molecule has 7 nitrogen and oxygen atoms in total. The van der Waals surface area contributed by atoms with Gasteiger partial charge < -0.3 is 5.32 Å². The molecule has 0 aliphatic heterocycles. The summed E-state index contributed by atoms with van der Waals surface area (Å²) >= 11 is 0. The molecule has 0 aliphatic carbocycles. The van der Waals surface area contributed by atoms with Gasteiger partial charge in [0.15, 0.2) is 0 Å². The molecule has 1 aromatic carbocycles. The Kier molecular flexibility index (Phi) is 4.09. The molecule has 1 aromatic heterocycles. The van der Waals surface area contributed by atoms with Crippen molar-refractivity contribution in [3.05, 3.63) is 57.9 Å². The van der Waals surface area contributed by atoms with E-state index >= 15 is 0 Å². The number of benzene rings is 1. The molecule has 1 heterocycles. The topological polar surface area (TPSA) is 101 Å². The standard InChI is InChI=1S/C13H14N4O3/c1-2-11(15-13(18)12-6-7-14-16-12)9-4-3-5-10(8-9)17(19)20/h3-8,11H,2H2,1H3,(H,14,16)(H,15,18)/t11-/m0/s1. The Labute approximate surface area is 115 Å². The van der Waals surface area contributed by atoms with E-state index < -0.39 is 4.92 Å². The van der Waals surface area contributed by atoms with Gasteiger partial charge in [-0.25, -0.2) is 0 Å². The van der Waals surface area contributed by atoms with Crippen molar-refractivity contribution in [1.29, 1.82) is 0 Å². The number of aromatic nitrogens is 2. The lowest BCUT2D eigenvalue weighted by atomic mass is 10.0. The third kappa shape index (κ3) is 3.00. The van der Waals surface area contributed by atoms with Crippen molar-refractivity contribution >= 4 is 11.6 Å². The number of hydrogen-bond acceptors (Lipinski definition) is 4. The van der Waals surface area contributed by atoms with Crippen LogP contribution in [-0.4, -0.2) is 21.0 Å². The predicted molar refractivity (Wildman–Crippen MR) is 72.2 cm³/mol. The normalized spacial score (nSPS) is 11.8. The quantitative estimate of drug-likeness (QED) is 0.644. The monoisotopic (exact) mass is 274 g/mol. The number of aromatic amines is 1. The maximum absolute atomic E-state index is 12.0. The van der Waals surface area contributed by atoms with Crippen LogP contribution in [0.1, 0.15) is 35.4 Å². The molecule has 0 bridgehead atoms. The number of nitro benzene ring substituents is 1. The molecule has 104 valence electrons. The first kappa shape index (κ1) is 13.7. The molecule has 0 saturated carbocycles. The van der Waals surface area contributed by atoms with E-state index in [2.05, 4.69) is 15.5 Å². The molecule has 1 atom stereocenters. The summed E-state index contributed by atoms with van der Waals surface area (Å²) in [4.78, 5) is 22.3. The van der Waals surface area contributed by atoms with Gasteiger partial charge in [-0.3, -0.25) is 20.0 Å². The first-order chi connectivity index (χ1) is 9.61. The minimum atomic E-state index is -0.451. The number of amides is 1. The second-order valence-corrected chi connectivity index (χ2v) is 4.26. The Bertz CT molecular complexity index is 610. The average molecular weight is 274 g/mol. The molecule has 0 radical (unpaired) electrons. The first-order valence-corrected chi connectivity index (χ1v) is 6.16. The second-order valence-electron chi connectivity index (χ2n) is 4.26. The molecule has 7 heteroatoms. The number of nitrogens with one attached hydrogen (secondary N) is 2. The van der Waals surface area contributed by atoms with Crippen LogP contribution in [0.25, 0.3) is 0 Å². The molecule has 20 heavy (non-hydrogen) atoms. The summed E-state index contributed by atoms with van der Waals surface area (Å²) in [6.07, 6.45) is 2.12. The summed E-state index contributed by atoms with van der Waals surface area (Å²) in [5.74, 6) is -0.291. The molecular weight excluding hydrogens is 260 g/mol. The maximum Gasteiger partial charge on any atom is 0.269 e. The van der Waals surface area contributed by atoms with Crippen LogP contribution in [0.15, 0.2) is 36.5 Å². The second kappa shape index (κ2) is 5.96. The van der Waals surface area contributed by atoms with Crippen molar-refractivity contribution < 1.29 is 9.72 Å². The highest BCUT2D eigenvalue weighted by Gasteiger charge is 2.17. The summed E-state index contributed by atoms with van der Waals surface area (Å²) in [5, 5.41) is 19.9. The SMILES string of the molecule is CC[C@H](NC(=O)c1ccn[nH]1)c1cccc([N+](=O)[O-])c1. The average Bonchev–Trinajstić information content (AvgIpc) is 2.99. The van der Waals surface area contributed by atoms with Gasteiger partial charge in [0.1, 0.15) is 5.69 Å². The van der Waals surface area contributed by atoms with Gasteiger partial charge in [-0.1, -0.05) is 19.1 Å². The Hall–Kier alpha value is -2.70. The van der Waals surface area contributed by atoms with E-state index in [1.165, 1.54) is 18.3 Å². The molecule has 0 spiro atoms. The van der Waals surface area contributed by atoms with E-state index in [0.717, 1.165) is 0 Å². The van der Waals surface area contributed by atoms with Crippen LogP contribution in [0.2, 0.25) is 0 Å². The fourth-order valence-corrected chi connectivity index (χ4v) is 1.89. The number of carbonyl (C=O) groups excluding carboxylic acids is 1. The third-order valence-corrected chi connectivity index (χ3v) is 2.94. The Balaban J connectivity index is 2.18. The highest BCUT2D eigenvalue weighted by atomic mass is 16.6. The van der Waals surface area contributed by atoms with Gasteiger partial charge in [0, 0.05) is 18.3 Å². The molecule has 0 fully saturated rings. The molecule has 2 rings (SSSR count). The smallest absolute Gasteiger partial charge is 0.269 e. The number of nitro groups is 1. The van der Waals surface area contributed by atoms with Crippen molar-refractivity contribution in [1.82, 2.24) is 15.5 Å². The number of H-pyrrole nitrogens is 1. The summed E-state index contributed by atoms with van der Waals surface area (Å²) in [7, 11) is 0. The van der Waals surface area contributed by atoms with Gasteiger partial charge >= 0.3 is 0 Å². The van der Waals surface area contributed by atoms with Gasteiger partial charge in [-0.2, -0.15) is 5.10 Å². The lowest BCUT2D eigenvalue weighted by Gasteiger charge is -2.16. The van der Waals surface area contributed by atoms with Crippen LogP contribution in [0, 0.1) is 10.1 Å². The van der Waals surface area contributed by atoms with Gasteiger partial charge in [-0.05, 0) is 18.1 Å². The zero-order chi connectivity index (χ0) is 14.5. The fourth-order valence-electron chi connectivity index (χ4n) is 1.89. The summed E-state index contributed by atoms with van der Waals surface area (Å²) in [5.41, 5.74) is 1.07. The fraction of sp³-hybridized carbons (Fsp3) is 0.231. The maximum atomic E-state index is 12.0. The van der Waals surface area contributed by atoms with Crippen LogP contribution >= 0.6 is 0 Å². The van der Waals surface area contributed by atoms with E-state index in [-0.39, 0.29) is 17.6 Å². The van der Waals surface area contributed by atoms with Crippen LogP contribution in [0.3, 0.4) is 0 Å². The van der Waals surface area contributed by atoms with Crippen molar-refractivity contribution in [3.8, 4) is 0 Å². The summed E-state index contributed by atoms with van der Waals surface area (Å²) in [6.45, 7) is 1.90. The Morgan fingerprint density at radius 3 is 2.90 bits per heavy atom. The van der Waals surface area contributed by atoms with Gasteiger partial charge in [0.2, 0.25) is 0 Å². The van der Waals surface area contributed by atoms with E-state index in [4.69, 9.17) is 0 Å². The van der Waals surface area contributed by atoms with Gasteiger partial charge in [0.05, 0.1) is 11.0 Å². The number of rotatable bonds is 5. The minimum absolute atomic E-state index is 0.0109. The number of non-ortho nitro benzene ring substituents is 1. The summed E-state index contributed by atoms with van der Waals surface area (Å²) in [6, 6.07) is 7.54. The lowest BCUT2D eigenvalue weighted by Crippen LogP contribution is -2.28. The van der Waals surface area contributed by atoms with E-state index in [9.17, 15) is 14.9 Å². The third-order valence-electron chi connectivity index (χ3n) is 2.94. The van der Waals surface area contributed by atoms with E-state index in [0.29, 0.717) is 17.7 Å². The number of hydrogen-bond donors (Lipinski definition) is 2. The van der Waals surface area contributed by atoms with Crippen molar-refractivity contribution in [3.63, 3.8) is 0 Å². The van der Waals surface area contributed by atoms with Gasteiger partial charge in [-0.15, -0.1) is 0 Å². The zero-order valence-corrected chi connectivity index (χ0v) is 10.9. The molecular formula is C13H14N4O3. The predicted octanol–water partition coefficient (Wildman–Crippen LogP) is 2.20. The Morgan fingerprint density at radius 1 is 1.50 bits per heavy atom. The van der Waals surface area contributed by atoms with Crippen LogP contribution < -0.4 is 5.32 Å². The van der Waals surface area contributed by atoms with E-state index in [1.54, 1.807) is 18.2 Å². The van der Waals surface area contributed by atoms with Crippen molar-refractivity contribution in [2.24, 2.45) is 0 Å². The van der Waals surface area contributed by atoms with Crippen molar-refractivity contribution in [2.45, 2.75) is 19.4 Å². The highest BCUT2D eigenvalue weighted by molar-refractivity contribution is 5.92. The van der Waals surface area contributed by atoms with Crippen LogP contribution in [0.5, 0.6) is 0 Å². The van der Waals surface area contributed by atoms with Crippen LogP contribution in [0.4, 0.5) is 5.69 Å². The largest absolute Gasteiger partial charge is 0.344 e. The zero-order valence-electron chi connectivity index (χ0n) is 10.9. The highest BCUT2D eigenvalue weighted by Crippen LogP contribution is 2.21. The Morgan fingerprint density at radius 2 is 2.30 bits per heavy atom. The van der Waals surface area contributed by atoms with Gasteiger partial charge in [0.25, 0.3) is 11.6 Å². The lowest BCUT2D eigenvalue weighted by molar-refractivity contribution is -0.384. The van der Waals surface area contributed by atoms with Crippen molar-refractivity contribution in [2.75, 3.05) is 0 Å². The molecule has 1 amide bonds. The number of nitrogens with zero attached hydrogens (tertiary/aromatic N) is 2. The first-order valence-electron chi connectivity index (χ1n) is 6.16. The minimum Gasteiger partial charge on any atom is -0.344 e. The molecule has 0 aliphatic rings. The molecule has 0 unspecified atom stereocenters. The molecule has 0 saturated heterocycles. The molecule has 2 N–H and O–H groups in total. The summed E-state index contributed by atoms with van der Waals surface area (Å²) < 4.78 is 0. The number of carbonyl (C=O) groups is 1. The van der Waals surface area contributed by atoms with Crippen LogP contribution in [-0.2, 0) is 0 Å².